The lowest BCUT2D eigenvalue weighted by Gasteiger charge is -2.06. The molecule has 4 nitrogen and oxygen atoms in total. The molecule has 0 saturated carbocycles. The molecule has 0 unspecified atom stereocenters. The van der Waals surface area contributed by atoms with E-state index in [4.69, 9.17) is 10.2 Å². The van der Waals surface area contributed by atoms with E-state index in [1.807, 2.05) is 49.4 Å². The summed E-state index contributed by atoms with van der Waals surface area (Å²) in [7, 11) is 0. The van der Waals surface area contributed by atoms with E-state index in [1.165, 1.54) is 0 Å². The van der Waals surface area contributed by atoms with E-state index in [9.17, 15) is 0 Å². The first-order valence-corrected chi connectivity index (χ1v) is 6.16. The van der Waals surface area contributed by atoms with Gasteiger partial charge in [-0.25, -0.2) is 4.98 Å². The second-order valence-corrected chi connectivity index (χ2v) is 4.51. The Morgan fingerprint density at radius 3 is 2.95 bits per heavy atom. The summed E-state index contributed by atoms with van der Waals surface area (Å²) in [4.78, 5) is 4.27. The average Bonchev–Trinajstić information content (AvgIpc) is 2.75. The summed E-state index contributed by atoms with van der Waals surface area (Å²) < 4.78 is 5.51. The molecule has 1 aromatic heterocycles. The van der Waals surface area contributed by atoms with E-state index in [2.05, 4.69) is 10.3 Å². The summed E-state index contributed by atoms with van der Waals surface area (Å²) in [6.07, 6.45) is 0. The number of rotatable bonds is 3. The molecule has 3 N–H and O–H groups in total. The molecule has 96 valence electrons. The van der Waals surface area contributed by atoms with Crippen LogP contribution < -0.4 is 11.1 Å². The number of aryl methyl sites for hydroxylation is 1. The number of nitrogens with zero attached hydrogens (tertiary/aromatic N) is 1. The molecule has 1 heterocycles. The van der Waals surface area contributed by atoms with Crippen LogP contribution >= 0.6 is 0 Å². The fourth-order valence-corrected chi connectivity index (χ4v) is 2.06. The Balaban J connectivity index is 1.78. The van der Waals surface area contributed by atoms with Gasteiger partial charge in [0.25, 0.3) is 0 Å². The fraction of sp³-hybridized carbons (Fsp3) is 0.133. The van der Waals surface area contributed by atoms with Crippen molar-refractivity contribution in [3.05, 3.63) is 53.9 Å². The smallest absolute Gasteiger partial charge is 0.192 e. The molecule has 0 bridgehead atoms. The Morgan fingerprint density at radius 1 is 1.21 bits per heavy atom. The monoisotopic (exact) mass is 253 g/mol. The van der Waals surface area contributed by atoms with Gasteiger partial charge in [-0.1, -0.05) is 12.1 Å². The molecule has 0 saturated heterocycles. The van der Waals surface area contributed by atoms with Crippen molar-refractivity contribution in [3.8, 4) is 0 Å². The summed E-state index contributed by atoms with van der Waals surface area (Å²) in [6.45, 7) is 2.57. The molecular weight excluding hydrogens is 238 g/mol. The molecule has 0 aliphatic rings. The predicted molar refractivity (Wildman–Crippen MR) is 76.9 cm³/mol. The highest BCUT2D eigenvalue weighted by molar-refractivity contribution is 5.77. The normalized spacial score (nSPS) is 10.8. The molecule has 2 aromatic carbocycles. The van der Waals surface area contributed by atoms with Gasteiger partial charge in [0.05, 0.1) is 0 Å². The quantitative estimate of drug-likeness (QED) is 0.703. The minimum absolute atomic E-state index is 0.683. The van der Waals surface area contributed by atoms with Gasteiger partial charge in [-0.15, -0.1) is 0 Å². The Kier molecular flexibility index (Phi) is 2.83. The second kappa shape index (κ2) is 4.65. The van der Waals surface area contributed by atoms with Crippen LogP contribution in [0.4, 0.5) is 11.4 Å². The van der Waals surface area contributed by atoms with Crippen LogP contribution in [-0.4, -0.2) is 4.98 Å². The molecule has 0 aliphatic carbocycles. The van der Waals surface area contributed by atoms with E-state index in [-0.39, 0.29) is 0 Å². The molecule has 0 amide bonds. The second-order valence-electron chi connectivity index (χ2n) is 4.51. The zero-order valence-corrected chi connectivity index (χ0v) is 10.7. The van der Waals surface area contributed by atoms with Crippen molar-refractivity contribution < 1.29 is 4.42 Å². The van der Waals surface area contributed by atoms with Crippen LogP contribution in [0.2, 0.25) is 0 Å². The maximum absolute atomic E-state index is 5.75. The SMILES string of the molecule is Cc1nc2ccc(NCc3cccc(N)c3)cc2o1. The summed E-state index contributed by atoms with van der Waals surface area (Å²) in [5, 5.41) is 3.35. The van der Waals surface area contributed by atoms with Crippen LogP contribution in [0.25, 0.3) is 11.1 Å². The average molecular weight is 253 g/mol. The van der Waals surface area contributed by atoms with Crippen LogP contribution in [0.3, 0.4) is 0 Å². The third-order valence-electron chi connectivity index (χ3n) is 2.94. The summed E-state index contributed by atoms with van der Waals surface area (Å²) in [5.74, 6) is 0.683. The van der Waals surface area contributed by atoms with Gasteiger partial charge < -0.3 is 15.5 Å². The first kappa shape index (κ1) is 11.6. The lowest BCUT2D eigenvalue weighted by molar-refractivity contribution is 0.561. The Bertz CT molecular complexity index is 718. The minimum atomic E-state index is 0.683. The molecule has 0 atom stereocenters. The number of hydrogen-bond acceptors (Lipinski definition) is 4. The zero-order chi connectivity index (χ0) is 13.2. The van der Waals surface area contributed by atoms with Crippen molar-refractivity contribution in [2.75, 3.05) is 11.1 Å². The highest BCUT2D eigenvalue weighted by Crippen LogP contribution is 2.20. The highest BCUT2D eigenvalue weighted by Gasteiger charge is 2.03. The molecule has 19 heavy (non-hydrogen) atoms. The van der Waals surface area contributed by atoms with Crippen LogP contribution in [-0.2, 0) is 6.54 Å². The van der Waals surface area contributed by atoms with Gasteiger partial charge in [0.1, 0.15) is 5.52 Å². The first-order chi connectivity index (χ1) is 9.20. The summed E-state index contributed by atoms with van der Waals surface area (Å²) in [5.41, 5.74) is 10.4. The van der Waals surface area contributed by atoms with Crippen LogP contribution in [0, 0.1) is 6.92 Å². The zero-order valence-electron chi connectivity index (χ0n) is 10.7. The topological polar surface area (TPSA) is 64.1 Å². The lowest BCUT2D eigenvalue weighted by Crippen LogP contribution is -1.99. The highest BCUT2D eigenvalue weighted by atomic mass is 16.3. The van der Waals surface area contributed by atoms with E-state index in [0.717, 1.165) is 34.6 Å². The van der Waals surface area contributed by atoms with Gasteiger partial charge >= 0.3 is 0 Å². The summed E-state index contributed by atoms with van der Waals surface area (Å²) in [6, 6.07) is 13.7. The van der Waals surface area contributed by atoms with Gasteiger partial charge in [0, 0.05) is 30.9 Å². The lowest BCUT2D eigenvalue weighted by atomic mass is 10.2. The number of fused-ring (bicyclic) bond motifs is 1. The van der Waals surface area contributed by atoms with Crippen molar-refractivity contribution >= 4 is 22.5 Å². The van der Waals surface area contributed by atoms with E-state index >= 15 is 0 Å². The maximum Gasteiger partial charge on any atom is 0.192 e. The number of hydrogen-bond donors (Lipinski definition) is 2. The number of benzene rings is 2. The van der Waals surface area contributed by atoms with Gasteiger partial charge in [-0.05, 0) is 29.8 Å². The number of nitrogen functional groups attached to an aromatic ring is 1. The maximum atomic E-state index is 5.75. The van der Waals surface area contributed by atoms with Gasteiger partial charge in [-0.2, -0.15) is 0 Å². The van der Waals surface area contributed by atoms with Gasteiger partial charge in [-0.3, -0.25) is 0 Å². The first-order valence-electron chi connectivity index (χ1n) is 6.16. The van der Waals surface area contributed by atoms with Crippen molar-refractivity contribution in [1.82, 2.24) is 4.98 Å². The van der Waals surface area contributed by atoms with E-state index in [1.54, 1.807) is 0 Å². The number of oxazole rings is 1. The molecule has 3 aromatic rings. The van der Waals surface area contributed by atoms with Crippen LogP contribution in [0.1, 0.15) is 11.5 Å². The molecule has 0 spiro atoms. The number of aromatic nitrogens is 1. The molecule has 0 fully saturated rings. The van der Waals surface area contributed by atoms with Gasteiger partial charge in [0.15, 0.2) is 11.5 Å². The third kappa shape index (κ3) is 2.52. The van der Waals surface area contributed by atoms with Crippen molar-refractivity contribution in [2.45, 2.75) is 13.5 Å². The minimum Gasteiger partial charge on any atom is -0.441 e. The largest absolute Gasteiger partial charge is 0.441 e. The van der Waals surface area contributed by atoms with Crippen LogP contribution in [0.5, 0.6) is 0 Å². The Hall–Kier alpha value is -2.49. The standard InChI is InChI=1S/C15H15N3O/c1-10-18-14-6-5-13(8-15(14)19-10)17-9-11-3-2-4-12(16)7-11/h2-8,17H,9,16H2,1H3. The number of nitrogens with one attached hydrogen (secondary N) is 1. The van der Waals surface area contributed by atoms with Crippen molar-refractivity contribution in [2.24, 2.45) is 0 Å². The number of anilines is 2. The van der Waals surface area contributed by atoms with E-state index < -0.39 is 0 Å². The molecule has 0 radical (unpaired) electrons. The molecule has 4 heteroatoms. The third-order valence-corrected chi connectivity index (χ3v) is 2.94. The van der Waals surface area contributed by atoms with Crippen molar-refractivity contribution in [1.29, 1.82) is 0 Å². The van der Waals surface area contributed by atoms with Crippen molar-refractivity contribution in [3.63, 3.8) is 0 Å². The fourth-order valence-electron chi connectivity index (χ4n) is 2.06. The predicted octanol–water partition coefficient (Wildman–Crippen LogP) is 3.33. The van der Waals surface area contributed by atoms with E-state index in [0.29, 0.717) is 5.89 Å². The van der Waals surface area contributed by atoms with Gasteiger partial charge in [0.2, 0.25) is 0 Å². The number of nitrogens with two attached hydrogens (primary N) is 1. The summed E-state index contributed by atoms with van der Waals surface area (Å²) >= 11 is 0. The Morgan fingerprint density at radius 2 is 2.11 bits per heavy atom. The Labute approximate surface area is 111 Å². The molecular formula is C15H15N3O. The molecule has 0 aliphatic heterocycles. The molecule has 3 rings (SSSR count). The van der Waals surface area contributed by atoms with Crippen LogP contribution in [0.15, 0.2) is 46.9 Å².